The molecular formula is C25H19F3N6O2. The van der Waals surface area contributed by atoms with Gasteiger partial charge in [0.15, 0.2) is 0 Å². The van der Waals surface area contributed by atoms with Gasteiger partial charge in [-0.15, -0.1) is 0 Å². The zero-order chi connectivity index (χ0) is 25.6. The Kier molecular flexibility index (Phi) is 5.54. The van der Waals surface area contributed by atoms with Crippen molar-refractivity contribution in [2.24, 2.45) is 0 Å². The fourth-order valence-electron chi connectivity index (χ4n) is 4.20. The van der Waals surface area contributed by atoms with Gasteiger partial charge in [-0.25, -0.2) is 9.78 Å². The second-order valence-corrected chi connectivity index (χ2v) is 8.32. The fraction of sp³-hybridized carbons (Fsp3) is 0.160. The molecule has 0 spiro atoms. The molecule has 36 heavy (non-hydrogen) atoms. The predicted octanol–water partition coefficient (Wildman–Crippen LogP) is 5.37. The molecule has 8 nitrogen and oxygen atoms in total. The molecule has 0 saturated heterocycles. The molecule has 0 aliphatic carbocycles. The Balaban J connectivity index is 1.66. The Morgan fingerprint density at radius 3 is 2.56 bits per heavy atom. The molecule has 0 unspecified atom stereocenters. The highest BCUT2D eigenvalue weighted by Gasteiger charge is 2.37. The first kappa shape index (κ1) is 23.2. The van der Waals surface area contributed by atoms with Crippen molar-refractivity contribution in [2.75, 3.05) is 17.3 Å². The number of rotatable bonds is 3. The minimum atomic E-state index is -4.71. The number of urea groups is 1. The lowest BCUT2D eigenvalue weighted by molar-refractivity contribution is -0.137. The monoisotopic (exact) mass is 492 g/mol. The van der Waals surface area contributed by atoms with E-state index in [9.17, 15) is 22.8 Å². The molecule has 1 N–H and O–H groups in total. The molecule has 11 heteroatoms. The number of carbonyl (C=O) groups excluding carboxylic acids is 2. The number of anilines is 3. The maximum Gasteiger partial charge on any atom is 0.417 e. The van der Waals surface area contributed by atoms with Crippen molar-refractivity contribution in [1.82, 2.24) is 19.9 Å². The molecule has 1 aliphatic rings. The summed E-state index contributed by atoms with van der Waals surface area (Å²) in [5.41, 5.74) is 1.24. The normalized spacial score (nSPS) is 13.6. The topological polar surface area (TPSA) is 91.3 Å². The van der Waals surface area contributed by atoms with Crippen LogP contribution in [0.25, 0.3) is 22.2 Å². The molecule has 3 aromatic heterocycles. The van der Waals surface area contributed by atoms with Crippen LogP contribution in [0.4, 0.5) is 35.2 Å². The summed E-state index contributed by atoms with van der Waals surface area (Å²) >= 11 is 0. The number of fused-ring (bicyclic) bond motifs is 3. The van der Waals surface area contributed by atoms with Crippen LogP contribution in [0.1, 0.15) is 18.1 Å². The summed E-state index contributed by atoms with van der Waals surface area (Å²) in [6.45, 7) is 1.56. The summed E-state index contributed by atoms with van der Waals surface area (Å²) in [7, 11) is 1.57. The van der Waals surface area contributed by atoms with Crippen LogP contribution in [-0.4, -0.2) is 38.8 Å². The van der Waals surface area contributed by atoms with E-state index < -0.39 is 17.8 Å². The predicted molar refractivity (Wildman–Crippen MR) is 128 cm³/mol. The number of hydrogen-bond acceptors (Lipinski definition) is 5. The molecule has 3 amide bonds. The number of carbonyl (C=O) groups is 2. The summed E-state index contributed by atoms with van der Waals surface area (Å²) in [6, 6.07) is 9.54. The van der Waals surface area contributed by atoms with Gasteiger partial charge < -0.3 is 10.2 Å². The zero-order valence-electron chi connectivity index (χ0n) is 19.2. The Morgan fingerprint density at radius 1 is 1.06 bits per heavy atom. The van der Waals surface area contributed by atoms with E-state index in [2.05, 4.69) is 20.3 Å². The quantitative estimate of drug-likeness (QED) is 0.415. The third kappa shape index (κ3) is 4.08. The van der Waals surface area contributed by atoms with Gasteiger partial charge in [-0.1, -0.05) is 6.07 Å². The molecule has 5 rings (SSSR count). The van der Waals surface area contributed by atoms with Gasteiger partial charge in [-0.2, -0.15) is 13.2 Å². The van der Waals surface area contributed by atoms with Gasteiger partial charge in [0.25, 0.3) is 0 Å². The van der Waals surface area contributed by atoms with Crippen molar-refractivity contribution in [2.45, 2.75) is 19.6 Å². The van der Waals surface area contributed by atoms with Gasteiger partial charge in [0.05, 0.1) is 29.0 Å². The molecule has 0 radical (unpaired) electrons. The highest BCUT2D eigenvalue weighted by atomic mass is 19.4. The first-order valence-electron chi connectivity index (χ1n) is 10.9. The third-order valence-electron chi connectivity index (χ3n) is 5.77. The van der Waals surface area contributed by atoms with E-state index in [1.165, 1.54) is 47.2 Å². The van der Waals surface area contributed by atoms with Gasteiger partial charge in [0.1, 0.15) is 11.3 Å². The zero-order valence-corrected chi connectivity index (χ0v) is 19.2. The van der Waals surface area contributed by atoms with Gasteiger partial charge >= 0.3 is 12.2 Å². The number of pyridine rings is 3. The SMILES string of the molecule is CC(=O)Nc1ccc(-c2ccc(N3C(=O)N(C)Cc4cnc5cccnc5c43)cc2C(F)(F)F)cn1. The molecule has 1 aromatic carbocycles. The van der Waals surface area contributed by atoms with Crippen LogP contribution in [0.5, 0.6) is 0 Å². The minimum absolute atomic E-state index is 0.0462. The lowest BCUT2D eigenvalue weighted by atomic mass is 9.98. The summed E-state index contributed by atoms with van der Waals surface area (Å²) in [6.07, 6.45) is -0.300. The van der Waals surface area contributed by atoms with Crippen LogP contribution in [-0.2, 0) is 17.5 Å². The van der Waals surface area contributed by atoms with E-state index in [-0.39, 0.29) is 35.1 Å². The molecule has 0 bridgehead atoms. The van der Waals surface area contributed by atoms with Crippen LogP contribution in [0.15, 0.2) is 61.1 Å². The Hall–Kier alpha value is -4.54. The standard InChI is InChI=1S/C25H19F3N6O2/c1-14(35)32-21-8-5-15(11-31-21)18-7-6-17(10-19(18)25(26,27)28)34-23-16(13-33(2)24(34)36)12-30-20-4-3-9-29-22(20)23/h3-12H,13H2,1-2H3,(H,31,32,35). The van der Waals surface area contributed by atoms with E-state index in [1.807, 2.05) is 0 Å². The number of halogens is 3. The van der Waals surface area contributed by atoms with Crippen LogP contribution in [0.3, 0.4) is 0 Å². The maximum atomic E-state index is 14.2. The molecule has 4 heterocycles. The Bertz CT molecular complexity index is 1500. The molecule has 1 aliphatic heterocycles. The number of nitrogens with zero attached hydrogens (tertiary/aromatic N) is 5. The smallest absolute Gasteiger partial charge is 0.323 e. The van der Waals surface area contributed by atoms with E-state index in [0.29, 0.717) is 22.3 Å². The van der Waals surface area contributed by atoms with E-state index in [4.69, 9.17) is 0 Å². The maximum absolute atomic E-state index is 14.2. The van der Waals surface area contributed by atoms with Crippen molar-refractivity contribution in [3.8, 4) is 11.1 Å². The second kappa shape index (κ2) is 8.59. The van der Waals surface area contributed by atoms with Crippen molar-refractivity contribution in [3.05, 3.63) is 72.2 Å². The average molecular weight is 492 g/mol. The van der Waals surface area contributed by atoms with Gasteiger partial charge in [0, 0.05) is 43.7 Å². The minimum Gasteiger partial charge on any atom is -0.323 e. The summed E-state index contributed by atoms with van der Waals surface area (Å²) in [5, 5.41) is 2.48. The number of aromatic nitrogens is 3. The van der Waals surface area contributed by atoms with Crippen molar-refractivity contribution >= 4 is 40.2 Å². The first-order chi connectivity index (χ1) is 17.1. The van der Waals surface area contributed by atoms with E-state index in [1.54, 1.807) is 31.6 Å². The van der Waals surface area contributed by atoms with Gasteiger partial charge in [0.2, 0.25) is 5.91 Å². The molecule has 0 fully saturated rings. The number of nitrogens with one attached hydrogen (secondary N) is 1. The number of hydrogen-bond donors (Lipinski definition) is 1. The largest absolute Gasteiger partial charge is 0.417 e. The van der Waals surface area contributed by atoms with Crippen molar-refractivity contribution in [1.29, 1.82) is 0 Å². The van der Waals surface area contributed by atoms with Crippen LogP contribution < -0.4 is 10.2 Å². The Labute approximate surface area is 203 Å². The van der Waals surface area contributed by atoms with Gasteiger partial charge in [-0.3, -0.25) is 19.7 Å². The van der Waals surface area contributed by atoms with Crippen LogP contribution in [0, 0.1) is 0 Å². The molecule has 0 saturated carbocycles. The molecule has 4 aromatic rings. The summed E-state index contributed by atoms with van der Waals surface area (Å²) < 4.78 is 42.7. The summed E-state index contributed by atoms with van der Waals surface area (Å²) in [5.74, 6) is -0.118. The first-order valence-corrected chi connectivity index (χ1v) is 10.9. The number of alkyl halides is 3. The van der Waals surface area contributed by atoms with E-state index in [0.717, 1.165) is 6.07 Å². The number of benzene rings is 1. The van der Waals surface area contributed by atoms with Crippen LogP contribution in [0.2, 0.25) is 0 Å². The highest BCUT2D eigenvalue weighted by Crippen LogP contribution is 2.43. The third-order valence-corrected chi connectivity index (χ3v) is 5.77. The lowest BCUT2D eigenvalue weighted by Gasteiger charge is -2.35. The Morgan fingerprint density at radius 2 is 1.86 bits per heavy atom. The fourth-order valence-corrected chi connectivity index (χ4v) is 4.20. The lowest BCUT2D eigenvalue weighted by Crippen LogP contribution is -2.42. The molecule has 182 valence electrons. The van der Waals surface area contributed by atoms with Crippen molar-refractivity contribution in [3.63, 3.8) is 0 Å². The van der Waals surface area contributed by atoms with Crippen LogP contribution >= 0.6 is 0 Å². The molecule has 0 atom stereocenters. The summed E-state index contributed by atoms with van der Waals surface area (Å²) in [4.78, 5) is 39.9. The van der Waals surface area contributed by atoms with Crippen molar-refractivity contribution < 1.29 is 22.8 Å². The highest BCUT2D eigenvalue weighted by molar-refractivity contribution is 6.08. The average Bonchev–Trinajstić information content (AvgIpc) is 2.84. The van der Waals surface area contributed by atoms with Gasteiger partial charge in [-0.05, 0) is 42.0 Å². The van der Waals surface area contributed by atoms with E-state index >= 15 is 0 Å². The second-order valence-electron chi connectivity index (χ2n) is 8.32. The molecular weight excluding hydrogens is 473 g/mol. The number of amides is 3.